The van der Waals surface area contributed by atoms with E-state index in [1.165, 1.54) is 10.9 Å². The Kier molecular flexibility index (Phi) is 6.00. The molecule has 6 heterocycles. The van der Waals surface area contributed by atoms with Gasteiger partial charge in [0.05, 0.1) is 36.0 Å². The van der Waals surface area contributed by atoms with Crippen molar-refractivity contribution in [2.45, 2.75) is 19.4 Å². The standard InChI is InChI=1S/C29H27FN10O/c1-37-13-23(11-34-37)21-6-25(28-22(7-31)10-35-40(28)16-21)38-14-19-3-4-20(15-38)27(19)29(41)33-9-18-2-5-26(32-8-18)39-17-24(30)12-36-39/h2,5-6,8,10-13,16-17,19-20,27H,3-4,9,14-15H2,1H3,(H,33,41). The third kappa shape index (κ3) is 4.49. The number of amides is 1. The molecule has 7 rings (SSSR count). The zero-order valence-corrected chi connectivity index (χ0v) is 22.4. The van der Waals surface area contributed by atoms with Crippen LogP contribution in [-0.2, 0) is 18.4 Å². The lowest BCUT2D eigenvalue weighted by Gasteiger charge is -2.39. The summed E-state index contributed by atoms with van der Waals surface area (Å²) in [5.74, 6) is 0.494. The normalized spacial score (nSPS) is 19.9. The van der Waals surface area contributed by atoms with E-state index in [1.807, 2.05) is 31.7 Å². The number of halogens is 1. The maximum atomic E-state index is 13.4. The topological polar surface area (TPSA) is 122 Å². The average Bonchev–Trinajstić information content (AvgIpc) is 3.77. The first-order valence-electron chi connectivity index (χ1n) is 13.6. The second kappa shape index (κ2) is 9.85. The van der Waals surface area contributed by atoms with E-state index < -0.39 is 5.82 Å². The molecule has 2 atom stereocenters. The van der Waals surface area contributed by atoms with Gasteiger partial charge in [0.15, 0.2) is 11.6 Å². The summed E-state index contributed by atoms with van der Waals surface area (Å²) in [5.41, 5.74) is 5.08. The molecule has 0 aromatic carbocycles. The van der Waals surface area contributed by atoms with E-state index >= 15 is 0 Å². The maximum absolute atomic E-state index is 13.4. The number of hydrogen-bond donors (Lipinski definition) is 1. The first-order valence-corrected chi connectivity index (χ1v) is 13.6. The van der Waals surface area contributed by atoms with Gasteiger partial charge in [-0.1, -0.05) is 6.07 Å². The molecule has 2 aliphatic rings. The third-order valence-electron chi connectivity index (χ3n) is 8.29. The van der Waals surface area contributed by atoms with E-state index in [9.17, 15) is 14.4 Å². The Hall–Kier alpha value is -5.05. The second-order valence-corrected chi connectivity index (χ2v) is 10.9. The van der Waals surface area contributed by atoms with Gasteiger partial charge in [0.25, 0.3) is 0 Å². The van der Waals surface area contributed by atoms with Crippen molar-refractivity contribution in [3.63, 3.8) is 0 Å². The van der Waals surface area contributed by atoms with Crippen LogP contribution in [0.3, 0.4) is 0 Å². The zero-order chi connectivity index (χ0) is 28.1. The zero-order valence-electron chi connectivity index (χ0n) is 22.4. The van der Waals surface area contributed by atoms with E-state index in [0.717, 1.165) is 60.0 Å². The fraction of sp³-hybridized carbons (Fsp3) is 0.310. The number of piperidine rings is 1. The van der Waals surface area contributed by atoms with Crippen molar-refractivity contribution in [1.82, 2.24) is 39.5 Å². The largest absolute Gasteiger partial charge is 0.369 e. The van der Waals surface area contributed by atoms with Crippen molar-refractivity contribution in [3.05, 3.63) is 78.5 Å². The highest BCUT2D eigenvalue weighted by Gasteiger charge is 2.46. The Labute approximate surface area is 234 Å². The van der Waals surface area contributed by atoms with Crippen molar-refractivity contribution in [2.24, 2.45) is 24.8 Å². The van der Waals surface area contributed by atoms with Crippen LogP contribution in [0.1, 0.15) is 24.0 Å². The van der Waals surface area contributed by atoms with E-state index in [0.29, 0.717) is 17.9 Å². The number of pyridine rings is 2. The smallest absolute Gasteiger partial charge is 0.224 e. The van der Waals surface area contributed by atoms with Gasteiger partial charge in [0.1, 0.15) is 11.6 Å². The minimum absolute atomic E-state index is 0.0618. The molecule has 41 heavy (non-hydrogen) atoms. The quantitative estimate of drug-likeness (QED) is 0.345. The predicted octanol–water partition coefficient (Wildman–Crippen LogP) is 3.11. The molecule has 1 saturated heterocycles. The van der Waals surface area contributed by atoms with Gasteiger partial charge in [0, 0.05) is 62.3 Å². The van der Waals surface area contributed by atoms with Crippen LogP contribution in [-0.4, -0.2) is 53.2 Å². The van der Waals surface area contributed by atoms with Crippen LogP contribution in [0.15, 0.2) is 61.6 Å². The van der Waals surface area contributed by atoms with E-state index in [1.54, 1.807) is 27.7 Å². The lowest BCUT2D eigenvalue weighted by Crippen LogP contribution is -2.48. The molecule has 0 spiro atoms. The van der Waals surface area contributed by atoms with Crippen molar-refractivity contribution >= 4 is 17.1 Å². The summed E-state index contributed by atoms with van der Waals surface area (Å²) in [6.07, 6.45) is 13.4. The molecule has 12 heteroatoms. The van der Waals surface area contributed by atoms with E-state index in [2.05, 4.69) is 42.6 Å². The van der Waals surface area contributed by atoms with Crippen LogP contribution in [0.2, 0.25) is 0 Å². The summed E-state index contributed by atoms with van der Waals surface area (Å²) in [7, 11) is 1.88. The fourth-order valence-corrected chi connectivity index (χ4v) is 6.39. The van der Waals surface area contributed by atoms with Crippen molar-refractivity contribution in [3.8, 4) is 23.0 Å². The molecule has 206 valence electrons. The molecule has 2 fully saturated rings. The van der Waals surface area contributed by atoms with Crippen LogP contribution in [0.5, 0.6) is 0 Å². The van der Waals surface area contributed by atoms with Gasteiger partial charge >= 0.3 is 0 Å². The average molecular weight is 551 g/mol. The molecule has 5 aromatic rings. The Morgan fingerprint density at radius 1 is 1.05 bits per heavy atom. The third-order valence-corrected chi connectivity index (χ3v) is 8.29. The maximum Gasteiger partial charge on any atom is 0.224 e. The number of nitrogens with zero attached hydrogens (tertiary/aromatic N) is 9. The first kappa shape index (κ1) is 25.0. The number of carbonyl (C=O) groups is 1. The first-order chi connectivity index (χ1) is 20.0. The number of fused-ring (bicyclic) bond motifs is 3. The van der Waals surface area contributed by atoms with Crippen molar-refractivity contribution in [2.75, 3.05) is 18.0 Å². The molecule has 0 radical (unpaired) electrons. The molecule has 1 N–H and O–H groups in total. The monoisotopic (exact) mass is 550 g/mol. The molecule has 2 unspecified atom stereocenters. The summed E-state index contributed by atoms with van der Waals surface area (Å²) >= 11 is 0. The van der Waals surface area contributed by atoms with Gasteiger partial charge < -0.3 is 10.2 Å². The van der Waals surface area contributed by atoms with Crippen LogP contribution < -0.4 is 10.2 Å². The van der Waals surface area contributed by atoms with E-state index in [4.69, 9.17) is 0 Å². The minimum Gasteiger partial charge on any atom is -0.369 e. The van der Waals surface area contributed by atoms with Crippen LogP contribution >= 0.6 is 0 Å². The van der Waals surface area contributed by atoms with Crippen molar-refractivity contribution < 1.29 is 9.18 Å². The number of hydrogen-bond acceptors (Lipinski definition) is 7. The molecular weight excluding hydrogens is 523 g/mol. The van der Waals surface area contributed by atoms with Gasteiger partial charge in [-0.15, -0.1) is 0 Å². The van der Waals surface area contributed by atoms with Crippen molar-refractivity contribution in [1.29, 1.82) is 5.26 Å². The second-order valence-electron chi connectivity index (χ2n) is 10.9. The minimum atomic E-state index is -0.426. The van der Waals surface area contributed by atoms with E-state index in [-0.39, 0.29) is 23.7 Å². The Bertz CT molecular complexity index is 1780. The molecule has 5 aromatic heterocycles. The van der Waals surface area contributed by atoms with Gasteiger partial charge in [-0.2, -0.15) is 20.6 Å². The number of anilines is 1. The van der Waals surface area contributed by atoms with Gasteiger partial charge in [-0.3, -0.25) is 9.48 Å². The molecule has 1 aliphatic heterocycles. The lowest BCUT2D eigenvalue weighted by molar-refractivity contribution is -0.127. The number of nitrogens with one attached hydrogen (secondary N) is 1. The molecule has 1 amide bonds. The Morgan fingerprint density at radius 3 is 2.54 bits per heavy atom. The molecule has 2 bridgehead atoms. The molecular formula is C29H27FN10O. The highest BCUT2D eigenvalue weighted by molar-refractivity contribution is 5.84. The van der Waals surface area contributed by atoms with Gasteiger partial charge in [0.2, 0.25) is 5.91 Å². The number of aryl methyl sites for hydroxylation is 1. The highest BCUT2D eigenvalue weighted by Crippen LogP contribution is 2.44. The summed E-state index contributed by atoms with van der Waals surface area (Å²) in [4.78, 5) is 20.1. The number of rotatable bonds is 6. The predicted molar refractivity (Wildman–Crippen MR) is 147 cm³/mol. The number of aromatic nitrogens is 7. The van der Waals surface area contributed by atoms with Crippen LogP contribution in [0.25, 0.3) is 22.5 Å². The number of carbonyl (C=O) groups excluding carboxylic acids is 1. The number of nitriles is 1. The Balaban J connectivity index is 1.08. The fourth-order valence-electron chi connectivity index (χ4n) is 6.39. The van der Waals surface area contributed by atoms with Crippen LogP contribution in [0.4, 0.5) is 10.1 Å². The van der Waals surface area contributed by atoms with Gasteiger partial charge in [-0.05, 0) is 42.4 Å². The van der Waals surface area contributed by atoms with Crippen LogP contribution in [0, 0.1) is 34.9 Å². The van der Waals surface area contributed by atoms with Gasteiger partial charge in [-0.25, -0.2) is 18.6 Å². The molecule has 11 nitrogen and oxygen atoms in total. The summed E-state index contributed by atoms with van der Waals surface area (Å²) in [6, 6.07) is 8.01. The Morgan fingerprint density at radius 2 is 1.88 bits per heavy atom. The highest BCUT2D eigenvalue weighted by atomic mass is 19.1. The summed E-state index contributed by atoms with van der Waals surface area (Å²) < 4.78 is 18.2. The SMILES string of the molecule is Cn1cc(-c2cc(N3CC4CCC(C3)C4C(=O)NCc3ccc(-n4cc(F)cn4)nc3)c3c(C#N)cnn3c2)cn1. The molecule has 1 saturated carbocycles. The summed E-state index contributed by atoms with van der Waals surface area (Å²) in [5, 5.41) is 25.6. The molecule has 1 aliphatic carbocycles. The lowest BCUT2D eigenvalue weighted by atomic mass is 9.84. The summed E-state index contributed by atoms with van der Waals surface area (Å²) in [6.45, 7) is 1.83.